The zero-order valence-corrected chi connectivity index (χ0v) is 13.8. The van der Waals surface area contributed by atoms with Crippen LogP contribution in [0.3, 0.4) is 0 Å². The van der Waals surface area contributed by atoms with Crippen LogP contribution in [0.15, 0.2) is 0 Å². The van der Waals surface area contributed by atoms with Crippen LogP contribution in [0.2, 0.25) is 0 Å². The van der Waals surface area contributed by atoms with E-state index >= 15 is 0 Å². The van der Waals surface area contributed by atoms with Crippen molar-refractivity contribution in [3.8, 4) is 0 Å². The third-order valence-electron chi connectivity index (χ3n) is 4.22. The molecule has 2 unspecified atom stereocenters. The second kappa shape index (κ2) is 7.49. The molecule has 0 spiro atoms. The van der Waals surface area contributed by atoms with E-state index in [2.05, 4.69) is 19.2 Å². The summed E-state index contributed by atoms with van der Waals surface area (Å²) in [5.41, 5.74) is 5.82. The molecule has 0 aromatic heterocycles. The highest BCUT2D eigenvalue weighted by Crippen LogP contribution is 2.30. The van der Waals surface area contributed by atoms with E-state index in [1.165, 1.54) is 12.8 Å². The van der Waals surface area contributed by atoms with Crippen LogP contribution >= 0.6 is 12.4 Å². The number of nitrogens with one attached hydrogen (secondary N) is 1. The van der Waals surface area contributed by atoms with Crippen LogP contribution in [0.4, 0.5) is 0 Å². The summed E-state index contributed by atoms with van der Waals surface area (Å²) in [5, 5.41) is 3.15. The fourth-order valence-corrected chi connectivity index (χ4v) is 2.65. The molecule has 0 aromatic rings. The van der Waals surface area contributed by atoms with E-state index in [1.54, 1.807) is 0 Å². The minimum absolute atomic E-state index is 0. The number of hydrogen-bond acceptors (Lipinski definition) is 2. The fraction of sp³-hybridized carbons (Fsp3) is 0.933. The van der Waals surface area contributed by atoms with Crippen LogP contribution in [0.25, 0.3) is 0 Å². The smallest absolute Gasteiger partial charge is 0.237 e. The van der Waals surface area contributed by atoms with E-state index in [-0.39, 0.29) is 23.7 Å². The molecular weight excluding hydrogens is 260 g/mol. The van der Waals surface area contributed by atoms with E-state index in [9.17, 15) is 4.79 Å². The van der Waals surface area contributed by atoms with Gasteiger partial charge in [0.15, 0.2) is 0 Å². The lowest BCUT2D eigenvalue weighted by molar-refractivity contribution is -0.125. The zero-order chi connectivity index (χ0) is 13.9. The highest BCUT2D eigenvalue weighted by Gasteiger charge is 2.31. The summed E-state index contributed by atoms with van der Waals surface area (Å²) < 4.78 is 0. The Morgan fingerprint density at radius 3 is 2.32 bits per heavy atom. The lowest BCUT2D eigenvalue weighted by Crippen LogP contribution is -2.52. The molecule has 0 saturated heterocycles. The van der Waals surface area contributed by atoms with Gasteiger partial charge < -0.3 is 11.1 Å². The summed E-state index contributed by atoms with van der Waals surface area (Å²) in [7, 11) is 0. The Bertz CT molecular complexity index is 286. The van der Waals surface area contributed by atoms with Crippen molar-refractivity contribution in [1.82, 2.24) is 5.32 Å². The first-order valence-corrected chi connectivity index (χ1v) is 7.27. The van der Waals surface area contributed by atoms with Gasteiger partial charge in [0.2, 0.25) is 5.91 Å². The van der Waals surface area contributed by atoms with E-state index in [0.717, 1.165) is 18.8 Å². The lowest BCUT2D eigenvalue weighted by atomic mass is 9.79. The number of rotatable bonds is 3. The Labute approximate surface area is 124 Å². The van der Waals surface area contributed by atoms with E-state index < -0.39 is 6.04 Å². The van der Waals surface area contributed by atoms with Crippen molar-refractivity contribution in [3.05, 3.63) is 0 Å². The molecule has 1 amide bonds. The van der Waals surface area contributed by atoms with Crippen LogP contribution in [0, 0.1) is 17.3 Å². The minimum Gasteiger partial charge on any atom is -0.352 e. The molecule has 0 bridgehead atoms. The number of amides is 1. The molecule has 3 N–H and O–H groups in total. The Morgan fingerprint density at radius 1 is 1.26 bits per heavy atom. The predicted molar refractivity (Wildman–Crippen MR) is 83.4 cm³/mol. The standard InChI is InChI=1S/C15H30N2O.ClH/c1-10(2)11-7-6-8-12(9-11)17-14(18)13(16)15(3,4)5;/h10-13H,6-9,16H2,1-5H3,(H,17,18);1H/t11?,12?,13-;/m1./s1. The molecule has 0 aromatic carbocycles. The number of halogens is 1. The molecule has 114 valence electrons. The van der Waals surface area contributed by atoms with Gasteiger partial charge in [0, 0.05) is 6.04 Å². The van der Waals surface area contributed by atoms with E-state index in [4.69, 9.17) is 5.73 Å². The van der Waals surface area contributed by atoms with Crippen molar-refractivity contribution < 1.29 is 4.79 Å². The largest absolute Gasteiger partial charge is 0.352 e. The second-order valence-corrected chi connectivity index (χ2v) is 7.22. The zero-order valence-electron chi connectivity index (χ0n) is 13.0. The van der Waals surface area contributed by atoms with Gasteiger partial charge in [-0.1, -0.05) is 47.5 Å². The molecule has 1 saturated carbocycles. The van der Waals surface area contributed by atoms with Crippen molar-refractivity contribution in [2.75, 3.05) is 0 Å². The van der Waals surface area contributed by atoms with Gasteiger partial charge in [0.1, 0.15) is 0 Å². The molecule has 1 fully saturated rings. The summed E-state index contributed by atoms with van der Waals surface area (Å²) in [6.07, 6.45) is 4.74. The first-order valence-electron chi connectivity index (χ1n) is 7.27. The van der Waals surface area contributed by atoms with Crippen molar-refractivity contribution in [2.45, 2.75) is 72.4 Å². The van der Waals surface area contributed by atoms with E-state index in [1.807, 2.05) is 20.8 Å². The second-order valence-electron chi connectivity index (χ2n) is 7.22. The molecule has 19 heavy (non-hydrogen) atoms. The molecule has 3 atom stereocenters. The number of carbonyl (C=O) groups excluding carboxylic acids is 1. The highest BCUT2D eigenvalue weighted by atomic mass is 35.5. The van der Waals surface area contributed by atoms with Gasteiger partial charge >= 0.3 is 0 Å². The predicted octanol–water partition coefficient (Wildman–Crippen LogP) is 3.11. The van der Waals surface area contributed by atoms with Gasteiger partial charge in [-0.05, 0) is 30.1 Å². The molecule has 0 heterocycles. The molecule has 1 aliphatic rings. The molecule has 1 aliphatic carbocycles. The summed E-state index contributed by atoms with van der Waals surface area (Å²) in [6.45, 7) is 10.6. The SMILES string of the molecule is CC(C)C1CCCC(NC(=O)[C@@H](N)C(C)(C)C)C1.Cl. The first-order chi connectivity index (χ1) is 8.21. The Morgan fingerprint density at radius 2 is 1.84 bits per heavy atom. The maximum Gasteiger partial charge on any atom is 0.237 e. The minimum atomic E-state index is -0.420. The maximum absolute atomic E-state index is 12.1. The molecule has 4 heteroatoms. The van der Waals surface area contributed by atoms with Crippen LogP contribution < -0.4 is 11.1 Å². The molecule has 1 rings (SSSR count). The quantitative estimate of drug-likeness (QED) is 0.839. The normalized spacial score (nSPS) is 25.6. The van der Waals surface area contributed by atoms with Crippen LogP contribution in [-0.4, -0.2) is 18.0 Å². The fourth-order valence-electron chi connectivity index (χ4n) is 2.65. The van der Waals surface area contributed by atoms with Gasteiger partial charge in [0.05, 0.1) is 6.04 Å². The van der Waals surface area contributed by atoms with Crippen LogP contribution in [0.1, 0.15) is 60.3 Å². The Hall–Kier alpha value is -0.280. The molecular formula is C15H31ClN2O. The third kappa shape index (κ3) is 5.70. The number of hydrogen-bond donors (Lipinski definition) is 2. The molecule has 3 nitrogen and oxygen atoms in total. The summed E-state index contributed by atoms with van der Waals surface area (Å²) in [6, 6.07) is -0.0935. The van der Waals surface area contributed by atoms with Gasteiger partial charge in [-0.3, -0.25) is 4.79 Å². The van der Waals surface area contributed by atoms with Gasteiger partial charge in [-0.15, -0.1) is 12.4 Å². The Balaban J connectivity index is 0.00000324. The van der Waals surface area contributed by atoms with Gasteiger partial charge in [-0.2, -0.15) is 0 Å². The van der Waals surface area contributed by atoms with Crippen molar-refractivity contribution >= 4 is 18.3 Å². The van der Waals surface area contributed by atoms with Crippen LogP contribution in [0.5, 0.6) is 0 Å². The average Bonchev–Trinajstić information content (AvgIpc) is 2.27. The summed E-state index contributed by atoms with van der Waals surface area (Å²) in [4.78, 5) is 12.1. The van der Waals surface area contributed by atoms with E-state index in [0.29, 0.717) is 12.0 Å². The van der Waals surface area contributed by atoms with Crippen LogP contribution in [-0.2, 0) is 4.79 Å². The molecule has 0 aliphatic heterocycles. The van der Waals surface area contributed by atoms with Crippen molar-refractivity contribution in [3.63, 3.8) is 0 Å². The van der Waals surface area contributed by atoms with Crippen molar-refractivity contribution in [2.24, 2.45) is 23.0 Å². The Kier molecular flexibility index (Phi) is 7.38. The van der Waals surface area contributed by atoms with Gasteiger partial charge in [0.25, 0.3) is 0 Å². The third-order valence-corrected chi connectivity index (χ3v) is 4.22. The highest BCUT2D eigenvalue weighted by molar-refractivity contribution is 5.85. The average molecular weight is 291 g/mol. The van der Waals surface area contributed by atoms with Gasteiger partial charge in [-0.25, -0.2) is 0 Å². The first kappa shape index (κ1) is 18.7. The monoisotopic (exact) mass is 290 g/mol. The lowest BCUT2D eigenvalue weighted by Gasteiger charge is -2.34. The summed E-state index contributed by atoms with van der Waals surface area (Å²) in [5.74, 6) is 1.47. The topological polar surface area (TPSA) is 55.1 Å². The number of nitrogens with two attached hydrogens (primary N) is 1. The van der Waals surface area contributed by atoms with Crippen molar-refractivity contribution in [1.29, 1.82) is 0 Å². The number of carbonyl (C=O) groups is 1. The maximum atomic E-state index is 12.1. The summed E-state index contributed by atoms with van der Waals surface area (Å²) >= 11 is 0. The molecule has 0 radical (unpaired) electrons.